The molecule has 0 spiro atoms. The minimum atomic E-state index is -3.10. The van der Waals surface area contributed by atoms with Crippen LogP contribution in [-0.2, 0) is 9.84 Å². The van der Waals surface area contributed by atoms with E-state index in [-0.39, 0.29) is 30.8 Å². The molecule has 0 atom stereocenters. The molecule has 1 aliphatic heterocycles. The molecule has 1 saturated heterocycles. The zero-order chi connectivity index (χ0) is 16.5. The van der Waals surface area contributed by atoms with Crippen LogP contribution in [-0.4, -0.2) is 43.4 Å². The van der Waals surface area contributed by atoms with Crippen molar-refractivity contribution in [2.75, 3.05) is 24.2 Å². The first-order valence-corrected chi connectivity index (χ1v) is 9.25. The number of likely N-dealkylation sites (tertiary alicyclic amines) is 1. The predicted octanol–water partition coefficient (Wildman–Crippen LogP) is 2.59. The number of urea groups is 1. The summed E-state index contributed by atoms with van der Waals surface area (Å²) in [7, 11) is -3.10. The molecule has 0 aromatic heterocycles. The lowest BCUT2D eigenvalue weighted by Gasteiger charge is -2.38. The molecule has 1 heterocycles. The Bertz CT molecular complexity index is 662. The zero-order valence-corrected chi connectivity index (χ0v) is 14.4. The van der Waals surface area contributed by atoms with E-state index in [2.05, 4.69) is 5.32 Å². The number of nitrogens with one attached hydrogen (secondary N) is 1. The van der Waals surface area contributed by atoms with E-state index in [1.165, 1.54) is 10.5 Å². The highest BCUT2D eigenvalue weighted by molar-refractivity contribution is 7.92. The molecule has 1 fully saturated rings. The fourth-order valence-corrected chi connectivity index (χ4v) is 4.47. The molecular formula is C16H24N2O3S. The summed E-state index contributed by atoms with van der Waals surface area (Å²) in [6, 6.07) is 5.49. The average Bonchev–Trinajstić information content (AvgIpc) is 2.29. The summed E-state index contributed by atoms with van der Waals surface area (Å²) >= 11 is 0. The van der Waals surface area contributed by atoms with Crippen LogP contribution in [0.1, 0.15) is 25.0 Å². The fourth-order valence-electron chi connectivity index (χ4n) is 2.45. The van der Waals surface area contributed by atoms with E-state index >= 15 is 0 Å². The molecule has 122 valence electrons. The van der Waals surface area contributed by atoms with E-state index < -0.39 is 15.1 Å². The average molecular weight is 324 g/mol. The third-order valence-electron chi connectivity index (χ3n) is 3.97. The van der Waals surface area contributed by atoms with Crippen LogP contribution in [0.3, 0.4) is 0 Å². The van der Waals surface area contributed by atoms with Gasteiger partial charge in [0.15, 0.2) is 9.84 Å². The molecule has 5 nitrogen and oxygen atoms in total. The number of carbonyl (C=O) groups excluding carboxylic acids is 1. The van der Waals surface area contributed by atoms with E-state index in [0.29, 0.717) is 0 Å². The molecule has 6 heteroatoms. The van der Waals surface area contributed by atoms with Crippen LogP contribution in [0.5, 0.6) is 0 Å². The van der Waals surface area contributed by atoms with Crippen LogP contribution in [0, 0.1) is 19.8 Å². The Morgan fingerprint density at radius 2 is 1.91 bits per heavy atom. The van der Waals surface area contributed by atoms with Crippen molar-refractivity contribution < 1.29 is 13.2 Å². The van der Waals surface area contributed by atoms with Crippen LogP contribution >= 0.6 is 0 Å². The quantitative estimate of drug-likeness (QED) is 0.926. The Balaban J connectivity index is 1.90. The normalized spacial score (nSPS) is 15.8. The second kappa shape index (κ2) is 6.28. The van der Waals surface area contributed by atoms with Gasteiger partial charge in [-0.05, 0) is 43.0 Å². The number of benzene rings is 1. The number of rotatable bonds is 4. The molecule has 0 saturated carbocycles. The van der Waals surface area contributed by atoms with Crippen molar-refractivity contribution in [3.63, 3.8) is 0 Å². The second-order valence-electron chi connectivity index (χ2n) is 6.48. The smallest absolute Gasteiger partial charge is 0.321 e. The van der Waals surface area contributed by atoms with Crippen LogP contribution in [0.2, 0.25) is 0 Å². The van der Waals surface area contributed by atoms with Gasteiger partial charge in [0.2, 0.25) is 0 Å². The van der Waals surface area contributed by atoms with Crippen LogP contribution in [0.15, 0.2) is 18.2 Å². The minimum absolute atomic E-state index is 0.114. The topological polar surface area (TPSA) is 66.5 Å². The van der Waals surface area contributed by atoms with Crippen molar-refractivity contribution in [2.45, 2.75) is 32.9 Å². The maximum atomic E-state index is 12.1. The van der Waals surface area contributed by atoms with Gasteiger partial charge >= 0.3 is 6.03 Å². The van der Waals surface area contributed by atoms with Crippen molar-refractivity contribution in [2.24, 2.45) is 5.92 Å². The van der Waals surface area contributed by atoms with Gasteiger partial charge in [-0.3, -0.25) is 0 Å². The van der Waals surface area contributed by atoms with Gasteiger partial charge in [-0.15, -0.1) is 0 Å². The number of hydrogen-bond acceptors (Lipinski definition) is 3. The summed E-state index contributed by atoms with van der Waals surface area (Å²) in [6.45, 7) is 8.35. The van der Waals surface area contributed by atoms with E-state index in [4.69, 9.17) is 0 Å². The Labute approximate surface area is 132 Å². The van der Waals surface area contributed by atoms with Gasteiger partial charge in [0.25, 0.3) is 0 Å². The Kier molecular flexibility index (Phi) is 4.80. The number of nitrogens with zero attached hydrogens (tertiary/aromatic N) is 1. The molecule has 1 aliphatic rings. The number of amides is 2. The van der Waals surface area contributed by atoms with E-state index in [9.17, 15) is 13.2 Å². The minimum Gasteiger partial charge on any atom is -0.322 e. The van der Waals surface area contributed by atoms with Crippen molar-refractivity contribution in [3.05, 3.63) is 29.3 Å². The second-order valence-corrected chi connectivity index (χ2v) is 8.81. The Hall–Kier alpha value is -1.56. The lowest BCUT2D eigenvalue weighted by Crippen LogP contribution is -2.58. The van der Waals surface area contributed by atoms with Gasteiger partial charge in [0.1, 0.15) is 0 Å². The first-order valence-electron chi connectivity index (χ1n) is 7.54. The lowest BCUT2D eigenvalue weighted by atomic mass is 10.1. The van der Waals surface area contributed by atoms with Crippen LogP contribution in [0.4, 0.5) is 10.5 Å². The molecule has 0 aliphatic carbocycles. The summed E-state index contributed by atoms with van der Waals surface area (Å²) in [6.07, 6.45) is 0. The number of sulfone groups is 1. The van der Waals surface area contributed by atoms with Crippen LogP contribution < -0.4 is 5.32 Å². The molecule has 0 unspecified atom stereocenters. The van der Waals surface area contributed by atoms with Crippen molar-refractivity contribution >= 4 is 21.6 Å². The summed E-state index contributed by atoms with van der Waals surface area (Å²) < 4.78 is 24.1. The van der Waals surface area contributed by atoms with Gasteiger partial charge in [-0.2, -0.15) is 0 Å². The Morgan fingerprint density at radius 1 is 1.27 bits per heavy atom. The predicted molar refractivity (Wildman–Crippen MR) is 88.9 cm³/mol. The molecule has 2 amide bonds. The molecule has 1 aromatic carbocycles. The summed E-state index contributed by atoms with van der Waals surface area (Å²) in [5.74, 6) is 0.299. The highest BCUT2D eigenvalue weighted by atomic mass is 32.2. The first kappa shape index (κ1) is 16.8. The third-order valence-corrected chi connectivity index (χ3v) is 6.41. The number of anilines is 1. The molecule has 0 radical (unpaired) electrons. The largest absolute Gasteiger partial charge is 0.322 e. The SMILES string of the molecule is Cc1ccc(NC(=O)N2CC(S(=O)(=O)CC(C)C)C2)cc1C. The lowest BCUT2D eigenvalue weighted by molar-refractivity contribution is 0.182. The van der Waals surface area contributed by atoms with Gasteiger partial charge in [-0.1, -0.05) is 19.9 Å². The molecule has 22 heavy (non-hydrogen) atoms. The van der Waals surface area contributed by atoms with Crippen LogP contribution in [0.25, 0.3) is 0 Å². The summed E-state index contributed by atoms with van der Waals surface area (Å²) in [5, 5.41) is 2.40. The maximum absolute atomic E-state index is 12.1. The van der Waals surface area contributed by atoms with Gasteiger partial charge < -0.3 is 10.2 Å². The van der Waals surface area contributed by atoms with Crippen molar-refractivity contribution in [1.82, 2.24) is 4.90 Å². The van der Waals surface area contributed by atoms with Gasteiger partial charge in [-0.25, -0.2) is 13.2 Å². The number of hydrogen-bond donors (Lipinski definition) is 1. The van der Waals surface area contributed by atoms with Gasteiger partial charge in [0.05, 0.1) is 11.0 Å². The number of carbonyl (C=O) groups is 1. The van der Waals surface area contributed by atoms with E-state index in [1.807, 2.05) is 45.9 Å². The van der Waals surface area contributed by atoms with Gasteiger partial charge in [0, 0.05) is 18.8 Å². The standard InChI is InChI=1S/C16H24N2O3S/c1-11(2)10-22(20,21)15-8-18(9-15)16(19)17-14-6-5-12(3)13(4)7-14/h5-7,11,15H,8-10H2,1-4H3,(H,17,19). The summed E-state index contributed by atoms with van der Waals surface area (Å²) in [5.41, 5.74) is 3.02. The molecule has 0 bridgehead atoms. The summed E-state index contributed by atoms with van der Waals surface area (Å²) in [4.78, 5) is 13.6. The third kappa shape index (κ3) is 3.80. The highest BCUT2D eigenvalue weighted by Crippen LogP contribution is 2.21. The number of aryl methyl sites for hydroxylation is 2. The monoisotopic (exact) mass is 324 g/mol. The maximum Gasteiger partial charge on any atom is 0.321 e. The highest BCUT2D eigenvalue weighted by Gasteiger charge is 2.39. The van der Waals surface area contributed by atoms with E-state index in [0.717, 1.165) is 11.3 Å². The van der Waals surface area contributed by atoms with E-state index in [1.54, 1.807) is 0 Å². The first-order chi connectivity index (χ1) is 10.2. The molecule has 2 rings (SSSR count). The molecule has 1 aromatic rings. The van der Waals surface area contributed by atoms with Crippen molar-refractivity contribution in [1.29, 1.82) is 0 Å². The zero-order valence-electron chi connectivity index (χ0n) is 13.6. The molecular weight excluding hydrogens is 300 g/mol. The fraction of sp³-hybridized carbons (Fsp3) is 0.562. The Morgan fingerprint density at radius 3 is 2.45 bits per heavy atom. The molecule has 1 N–H and O–H groups in total. The van der Waals surface area contributed by atoms with Crippen molar-refractivity contribution in [3.8, 4) is 0 Å².